The highest BCUT2D eigenvalue weighted by Crippen LogP contribution is 2.42. The summed E-state index contributed by atoms with van der Waals surface area (Å²) in [5, 5.41) is 0. The van der Waals surface area contributed by atoms with Gasteiger partial charge in [-0.05, 0) is 13.3 Å². The normalized spacial score (nSPS) is 15.5. The first-order chi connectivity index (χ1) is 11.4. The Balaban J connectivity index is 1.85. The number of hydrogen-bond donors (Lipinski definition) is 2. The Bertz CT molecular complexity index is 708. The number of hydrogen-bond acceptors (Lipinski definition) is 7. The van der Waals surface area contributed by atoms with Gasteiger partial charge in [0, 0.05) is 0 Å². The maximum Gasteiger partial charge on any atom is 0.353 e. The summed E-state index contributed by atoms with van der Waals surface area (Å²) >= 11 is 0. The molecule has 0 saturated heterocycles. The van der Waals surface area contributed by atoms with Crippen molar-refractivity contribution < 1.29 is 18.7 Å². The largest absolute Gasteiger partial charge is 0.382 e. The standard InChI is InChI=1S/C14H24N5O4P/c1-3-4-5-6-23-24(20,21)10-22-11(2)7-19-9-18-12-13(15)16-8-17-14(12)19/h8-9,11H,3-7,10H2,1-2H3,(H,20,21)(H2,15,16,17)/t11-/m1/s1. The Labute approximate surface area is 140 Å². The van der Waals surface area contributed by atoms with Crippen LogP contribution in [0.15, 0.2) is 12.7 Å². The van der Waals surface area contributed by atoms with Crippen LogP contribution in [0.25, 0.3) is 11.2 Å². The molecule has 0 radical (unpaired) electrons. The van der Waals surface area contributed by atoms with Crippen LogP contribution in [-0.4, -0.2) is 43.5 Å². The van der Waals surface area contributed by atoms with E-state index in [1.54, 1.807) is 17.8 Å². The van der Waals surface area contributed by atoms with Crippen molar-refractivity contribution in [2.24, 2.45) is 0 Å². The Hall–Kier alpha value is -1.54. The van der Waals surface area contributed by atoms with Crippen LogP contribution in [0.3, 0.4) is 0 Å². The quantitative estimate of drug-likeness (QED) is 0.489. The zero-order valence-corrected chi connectivity index (χ0v) is 14.9. The predicted octanol–water partition coefficient (Wildman–Crippen LogP) is 2.16. The Kier molecular flexibility index (Phi) is 6.68. The molecule has 0 aromatic carbocycles. The molecule has 0 aliphatic carbocycles. The molecule has 2 rings (SSSR count). The summed E-state index contributed by atoms with van der Waals surface area (Å²) in [6.45, 7) is 4.54. The van der Waals surface area contributed by atoms with Crippen LogP contribution in [0, 0.1) is 0 Å². The van der Waals surface area contributed by atoms with Crippen molar-refractivity contribution in [1.29, 1.82) is 0 Å². The first-order valence-electron chi connectivity index (χ1n) is 7.92. The molecule has 9 nitrogen and oxygen atoms in total. The molecule has 0 amide bonds. The third kappa shape index (κ3) is 5.24. The highest BCUT2D eigenvalue weighted by Gasteiger charge is 2.21. The molecule has 24 heavy (non-hydrogen) atoms. The van der Waals surface area contributed by atoms with E-state index in [4.69, 9.17) is 15.0 Å². The summed E-state index contributed by atoms with van der Waals surface area (Å²) in [6, 6.07) is 0. The van der Waals surface area contributed by atoms with Gasteiger partial charge >= 0.3 is 7.60 Å². The van der Waals surface area contributed by atoms with E-state index >= 15 is 0 Å². The molecule has 10 heteroatoms. The Morgan fingerprint density at radius 2 is 2.17 bits per heavy atom. The molecule has 0 spiro atoms. The monoisotopic (exact) mass is 357 g/mol. The summed E-state index contributed by atoms with van der Waals surface area (Å²) in [5.74, 6) is 0.313. The number of nitrogen functional groups attached to an aromatic ring is 1. The van der Waals surface area contributed by atoms with Crippen LogP contribution in [0.2, 0.25) is 0 Å². The van der Waals surface area contributed by atoms with Gasteiger partial charge in [-0.3, -0.25) is 4.57 Å². The van der Waals surface area contributed by atoms with Crippen LogP contribution >= 0.6 is 7.60 Å². The highest BCUT2D eigenvalue weighted by atomic mass is 31.2. The van der Waals surface area contributed by atoms with Crippen molar-refractivity contribution in [2.75, 3.05) is 18.7 Å². The first kappa shape index (κ1) is 18.8. The third-order valence-electron chi connectivity index (χ3n) is 3.45. The van der Waals surface area contributed by atoms with Crippen LogP contribution in [0.1, 0.15) is 33.1 Å². The van der Waals surface area contributed by atoms with Crippen molar-refractivity contribution in [3.05, 3.63) is 12.7 Å². The van der Waals surface area contributed by atoms with Gasteiger partial charge in [0.05, 0.1) is 25.6 Å². The second-order valence-electron chi connectivity index (χ2n) is 5.61. The molecule has 0 aliphatic heterocycles. The van der Waals surface area contributed by atoms with E-state index in [0.29, 0.717) is 23.5 Å². The van der Waals surface area contributed by atoms with Crippen molar-refractivity contribution >= 4 is 24.6 Å². The lowest BCUT2D eigenvalue weighted by Crippen LogP contribution is -2.17. The first-order valence-corrected chi connectivity index (χ1v) is 9.68. The van der Waals surface area contributed by atoms with E-state index in [9.17, 15) is 9.46 Å². The number of nitrogens with two attached hydrogens (primary N) is 1. The van der Waals surface area contributed by atoms with Gasteiger partial charge in [0.25, 0.3) is 0 Å². The molecule has 0 saturated carbocycles. The number of anilines is 1. The summed E-state index contributed by atoms with van der Waals surface area (Å²) in [4.78, 5) is 21.9. The number of fused-ring (bicyclic) bond motifs is 1. The maximum atomic E-state index is 11.9. The Morgan fingerprint density at radius 1 is 1.38 bits per heavy atom. The minimum Gasteiger partial charge on any atom is -0.382 e. The molecule has 0 aliphatic rings. The van der Waals surface area contributed by atoms with Gasteiger partial charge in [0.2, 0.25) is 0 Å². The second kappa shape index (κ2) is 8.53. The van der Waals surface area contributed by atoms with Crippen LogP contribution in [-0.2, 0) is 20.4 Å². The number of aromatic nitrogens is 4. The zero-order valence-electron chi connectivity index (χ0n) is 14.0. The van der Waals surface area contributed by atoms with Gasteiger partial charge in [-0.25, -0.2) is 15.0 Å². The SMILES string of the molecule is CCCCCOP(=O)(O)CO[C@H](C)Cn1cnc2c(N)ncnc21. The van der Waals surface area contributed by atoms with Crippen molar-refractivity contribution in [1.82, 2.24) is 19.5 Å². The number of imidazole rings is 1. The molecular weight excluding hydrogens is 333 g/mol. The molecule has 2 aromatic rings. The molecule has 134 valence electrons. The number of unbranched alkanes of at least 4 members (excludes halogenated alkanes) is 2. The van der Waals surface area contributed by atoms with E-state index in [-0.39, 0.29) is 19.1 Å². The molecule has 3 N–H and O–H groups in total. The van der Waals surface area contributed by atoms with Gasteiger partial charge in [0.15, 0.2) is 11.5 Å². The average molecular weight is 357 g/mol. The van der Waals surface area contributed by atoms with Crippen LogP contribution < -0.4 is 5.73 Å². The van der Waals surface area contributed by atoms with E-state index < -0.39 is 7.60 Å². The maximum absolute atomic E-state index is 11.9. The highest BCUT2D eigenvalue weighted by molar-refractivity contribution is 7.52. The molecule has 1 unspecified atom stereocenters. The van der Waals surface area contributed by atoms with Gasteiger partial charge in [-0.2, -0.15) is 0 Å². The average Bonchev–Trinajstić information content (AvgIpc) is 2.94. The fourth-order valence-corrected chi connectivity index (χ4v) is 3.11. The molecule has 2 atom stereocenters. The topological polar surface area (TPSA) is 125 Å². The van der Waals surface area contributed by atoms with Crippen molar-refractivity contribution in [3.8, 4) is 0 Å². The molecule has 2 aromatic heterocycles. The smallest absolute Gasteiger partial charge is 0.353 e. The van der Waals surface area contributed by atoms with Crippen molar-refractivity contribution in [3.63, 3.8) is 0 Å². The summed E-state index contributed by atoms with van der Waals surface area (Å²) < 4.78 is 24.1. The minimum atomic E-state index is -3.73. The summed E-state index contributed by atoms with van der Waals surface area (Å²) in [7, 11) is -3.73. The van der Waals surface area contributed by atoms with Gasteiger partial charge in [-0.1, -0.05) is 19.8 Å². The predicted molar refractivity (Wildman–Crippen MR) is 90.5 cm³/mol. The summed E-state index contributed by atoms with van der Waals surface area (Å²) in [6.07, 6.45) is 5.06. The minimum absolute atomic E-state index is 0.266. The van der Waals surface area contributed by atoms with Crippen LogP contribution in [0.5, 0.6) is 0 Å². The number of ether oxygens (including phenoxy) is 1. The van der Waals surface area contributed by atoms with Crippen LogP contribution in [0.4, 0.5) is 5.82 Å². The van der Waals surface area contributed by atoms with Gasteiger partial charge in [0.1, 0.15) is 18.2 Å². The molecule has 0 fully saturated rings. The molecule has 2 heterocycles. The lowest BCUT2D eigenvalue weighted by molar-refractivity contribution is 0.0715. The Morgan fingerprint density at radius 3 is 2.92 bits per heavy atom. The lowest BCUT2D eigenvalue weighted by Gasteiger charge is -2.17. The van der Waals surface area contributed by atoms with Gasteiger partial charge in [-0.15, -0.1) is 0 Å². The molecular formula is C14H24N5O4P. The molecule has 0 bridgehead atoms. The van der Waals surface area contributed by atoms with E-state index in [2.05, 4.69) is 21.9 Å². The van der Waals surface area contributed by atoms with Crippen molar-refractivity contribution in [2.45, 2.75) is 45.8 Å². The van der Waals surface area contributed by atoms with E-state index in [1.807, 2.05) is 0 Å². The van der Waals surface area contributed by atoms with E-state index in [0.717, 1.165) is 19.3 Å². The zero-order chi connectivity index (χ0) is 17.6. The number of rotatable bonds is 10. The fraction of sp³-hybridized carbons (Fsp3) is 0.643. The van der Waals surface area contributed by atoms with Gasteiger partial charge < -0.3 is 24.5 Å². The lowest BCUT2D eigenvalue weighted by atomic mass is 10.3. The summed E-state index contributed by atoms with van der Waals surface area (Å²) in [5.41, 5.74) is 6.86. The fourth-order valence-electron chi connectivity index (χ4n) is 2.18. The number of nitrogens with zero attached hydrogens (tertiary/aromatic N) is 4. The van der Waals surface area contributed by atoms with E-state index in [1.165, 1.54) is 6.33 Å². The third-order valence-corrected chi connectivity index (χ3v) is 4.51. The second-order valence-corrected chi connectivity index (χ2v) is 7.40.